The molecule has 0 saturated heterocycles. The first kappa shape index (κ1) is 22.6. The van der Waals surface area contributed by atoms with Gasteiger partial charge in [-0.3, -0.25) is 9.59 Å². The SMILES string of the molecule is COc1ccc(-c2ccc(C(N)=O)cc2)cc1CNC1CCC(N(C)C(=O)I)CC1. The molecule has 0 aliphatic heterocycles. The molecule has 0 unspecified atom stereocenters. The number of halogens is 1. The number of carbonyl (C=O) groups is 2. The van der Waals surface area contributed by atoms with Crippen LogP contribution in [0.15, 0.2) is 42.5 Å². The average molecular weight is 521 g/mol. The first-order valence-corrected chi connectivity index (χ1v) is 11.2. The lowest BCUT2D eigenvalue weighted by molar-refractivity contribution is 0.100. The topological polar surface area (TPSA) is 84.7 Å². The highest BCUT2D eigenvalue weighted by Crippen LogP contribution is 2.28. The Balaban J connectivity index is 1.65. The second kappa shape index (κ2) is 10.3. The van der Waals surface area contributed by atoms with Crippen LogP contribution in [0, 0.1) is 0 Å². The highest BCUT2D eigenvalue weighted by Gasteiger charge is 2.25. The molecule has 3 rings (SSSR count). The van der Waals surface area contributed by atoms with Gasteiger partial charge < -0.3 is 20.7 Å². The van der Waals surface area contributed by atoms with E-state index in [4.69, 9.17) is 10.5 Å². The standard InChI is InChI=1S/C23H28IN3O3/c1-27(23(24)29)20-10-8-19(9-11-20)26-14-18-13-17(7-12-21(18)30-2)15-3-5-16(6-4-15)22(25)28/h3-7,12-13,19-20,26H,8-11,14H2,1-2H3,(H2,25,28). The maximum Gasteiger partial charge on any atom is 0.283 e. The minimum atomic E-state index is -0.426. The summed E-state index contributed by atoms with van der Waals surface area (Å²) in [4.78, 5) is 24.7. The number of nitrogens with two attached hydrogens (primary N) is 1. The van der Waals surface area contributed by atoms with E-state index in [1.54, 1.807) is 19.2 Å². The number of methoxy groups -OCH3 is 1. The van der Waals surface area contributed by atoms with Gasteiger partial charge in [0.05, 0.1) is 7.11 Å². The van der Waals surface area contributed by atoms with Gasteiger partial charge in [0.25, 0.3) is 3.91 Å². The number of ether oxygens (including phenoxy) is 1. The van der Waals surface area contributed by atoms with Crippen molar-refractivity contribution in [3.8, 4) is 16.9 Å². The Morgan fingerprint density at radius 1 is 1.10 bits per heavy atom. The molecular formula is C23H28IN3O3. The molecule has 0 aromatic heterocycles. The Morgan fingerprint density at radius 3 is 2.30 bits per heavy atom. The van der Waals surface area contributed by atoms with Crippen LogP contribution in [0.25, 0.3) is 11.1 Å². The molecule has 3 N–H and O–H groups in total. The van der Waals surface area contributed by atoms with E-state index in [0.717, 1.165) is 48.1 Å². The molecule has 0 heterocycles. The van der Waals surface area contributed by atoms with Crippen LogP contribution in [0.1, 0.15) is 41.6 Å². The lowest BCUT2D eigenvalue weighted by Crippen LogP contribution is -2.41. The smallest absolute Gasteiger partial charge is 0.283 e. The molecule has 0 spiro atoms. The fraction of sp³-hybridized carbons (Fsp3) is 0.391. The van der Waals surface area contributed by atoms with Crippen molar-refractivity contribution in [1.82, 2.24) is 10.2 Å². The van der Waals surface area contributed by atoms with Crippen molar-refractivity contribution in [2.75, 3.05) is 14.2 Å². The van der Waals surface area contributed by atoms with E-state index in [1.165, 1.54) is 0 Å². The fourth-order valence-corrected chi connectivity index (χ4v) is 4.38. The summed E-state index contributed by atoms with van der Waals surface area (Å²) in [5.74, 6) is 0.425. The highest BCUT2D eigenvalue weighted by molar-refractivity contribution is 14.1. The van der Waals surface area contributed by atoms with E-state index in [1.807, 2.05) is 58.8 Å². The summed E-state index contributed by atoms with van der Waals surface area (Å²) in [5.41, 5.74) is 9.01. The van der Waals surface area contributed by atoms with E-state index in [-0.39, 0.29) is 3.91 Å². The van der Waals surface area contributed by atoms with Crippen molar-refractivity contribution >= 4 is 32.4 Å². The molecule has 1 aliphatic carbocycles. The van der Waals surface area contributed by atoms with Crippen LogP contribution in [0.5, 0.6) is 5.75 Å². The Morgan fingerprint density at radius 2 is 1.73 bits per heavy atom. The largest absolute Gasteiger partial charge is 0.496 e. The van der Waals surface area contributed by atoms with Crippen molar-refractivity contribution in [3.63, 3.8) is 0 Å². The van der Waals surface area contributed by atoms with Gasteiger partial charge in [0.15, 0.2) is 0 Å². The van der Waals surface area contributed by atoms with E-state index in [0.29, 0.717) is 24.2 Å². The maximum atomic E-state index is 11.6. The van der Waals surface area contributed by atoms with Crippen molar-refractivity contribution < 1.29 is 14.3 Å². The first-order chi connectivity index (χ1) is 14.4. The van der Waals surface area contributed by atoms with Crippen molar-refractivity contribution in [3.05, 3.63) is 53.6 Å². The minimum Gasteiger partial charge on any atom is -0.496 e. The lowest BCUT2D eigenvalue weighted by Gasteiger charge is -2.34. The molecular weight excluding hydrogens is 493 g/mol. The molecule has 1 fully saturated rings. The molecule has 160 valence electrons. The number of nitrogens with one attached hydrogen (secondary N) is 1. The first-order valence-electron chi connectivity index (χ1n) is 10.1. The lowest BCUT2D eigenvalue weighted by atomic mass is 9.90. The van der Waals surface area contributed by atoms with Gasteiger partial charge in [0.2, 0.25) is 5.91 Å². The van der Waals surface area contributed by atoms with E-state index in [9.17, 15) is 9.59 Å². The third kappa shape index (κ3) is 5.51. The molecule has 30 heavy (non-hydrogen) atoms. The Labute approximate surface area is 191 Å². The zero-order valence-corrected chi connectivity index (χ0v) is 19.5. The number of benzene rings is 2. The summed E-state index contributed by atoms with van der Waals surface area (Å²) in [6.45, 7) is 0.715. The van der Waals surface area contributed by atoms with Gasteiger partial charge in [0.1, 0.15) is 5.75 Å². The molecule has 7 heteroatoms. The van der Waals surface area contributed by atoms with E-state index >= 15 is 0 Å². The third-order valence-corrected chi connectivity index (χ3v) is 6.65. The zero-order chi connectivity index (χ0) is 21.7. The van der Waals surface area contributed by atoms with Gasteiger partial charge in [-0.25, -0.2) is 0 Å². The van der Waals surface area contributed by atoms with Gasteiger partial charge >= 0.3 is 0 Å². The number of amides is 2. The van der Waals surface area contributed by atoms with Crippen LogP contribution in [-0.4, -0.2) is 41.0 Å². The van der Waals surface area contributed by atoms with Gasteiger partial charge in [-0.2, -0.15) is 0 Å². The van der Waals surface area contributed by atoms with E-state index < -0.39 is 5.91 Å². The summed E-state index contributed by atoms with van der Waals surface area (Å²) >= 11 is 1.86. The van der Waals surface area contributed by atoms with Crippen molar-refractivity contribution in [2.24, 2.45) is 5.73 Å². The predicted octanol–water partition coefficient (Wildman–Crippen LogP) is 4.35. The second-order valence-electron chi connectivity index (χ2n) is 7.72. The fourth-order valence-electron chi connectivity index (χ4n) is 3.99. The van der Waals surface area contributed by atoms with Crippen LogP contribution >= 0.6 is 22.6 Å². The van der Waals surface area contributed by atoms with Crippen molar-refractivity contribution in [2.45, 2.75) is 44.3 Å². The number of primary amides is 1. The molecule has 1 aliphatic rings. The molecule has 6 nitrogen and oxygen atoms in total. The van der Waals surface area contributed by atoms with Crippen molar-refractivity contribution in [1.29, 1.82) is 0 Å². The number of hydrogen-bond acceptors (Lipinski definition) is 4. The van der Waals surface area contributed by atoms with Gasteiger partial charge in [-0.15, -0.1) is 0 Å². The molecule has 2 amide bonds. The molecule has 0 bridgehead atoms. The molecule has 2 aromatic rings. The number of nitrogens with zero attached hydrogens (tertiary/aromatic N) is 1. The van der Waals surface area contributed by atoms with Crippen LogP contribution in [0.4, 0.5) is 4.79 Å². The summed E-state index contributed by atoms with van der Waals surface area (Å²) in [6, 6.07) is 14.2. The molecule has 0 atom stereocenters. The van der Waals surface area contributed by atoms with Gasteiger partial charge in [-0.1, -0.05) is 18.2 Å². The normalized spacial score (nSPS) is 18.6. The minimum absolute atomic E-state index is 0.106. The number of hydrogen-bond donors (Lipinski definition) is 2. The number of carbonyl (C=O) groups excluding carboxylic acids is 2. The summed E-state index contributed by atoms with van der Waals surface area (Å²) in [7, 11) is 3.57. The monoisotopic (exact) mass is 521 g/mol. The van der Waals surface area contributed by atoms with Crippen LogP contribution in [-0.2, 0) is 6.54 Å². The van der Waals surface area contributed by atoms with Gasteiger partial charge in [-0.05, 0) is 61.1 Å². The highest BCUT2D eigenvalue weighted by atomic mass is 127. The Hall–Kier alpha value is -2.13. The zero-order valence-electron chi connectivity index (χ0n) is 17.4. The molecule has 0 radical (unpaired) electrons. The van der Waals surface area contributed by atoms with E-state index in [2.05, 4.69) is 11.4 Å². The van der Waals surface area contributed by atoms with Crippen LogP contribution in [0.3, 0.4) is 0 Å². The Kier molecular flexibility index (Phi) is 7.71. The molecule has 2 aromatic carbocycles. The maximum absolute atomic E-state index is 11.6. The summed E-state index contributed by atoms with van der Waals surface area (Å²) < 4.78 is 5.66. The Bertz CT molecular complexity index is 893. The second-order valence-corrected chi connectivity index (χ2v) is 8.64. The quantitative estimate of drug-likeness (QED) is 0.323. The summed E-state index contributed by atoms with van der Waals surface area (Å²) in [5, 5.41) is 3.66. The predicted molar refractivity (Wildman–Crippen MR) is 127 cm³/mol. The average Bonchev–Trinajstić information content (AvgIpc) is 2.77. The molecule has 1 saturated carbocycles. The van der Waals surface area contributed by atoms with Crippen LogP contribution < -0.4 is 15.8 Å². The third-order valence-electron chi connectivity index (χ3n) is 5.89. The summed E-state index contributed by atoms with van der Waals surface area (Å²) in [6.07, 6.45) is 4.14. The number of rotatable bonds is 7. The van der Waals surface area contributed by atoms with Gasteiger partial charge in [0, 0.05) is 59.4 Å². The van der Waals surface area contributed by atoms with Crippen LogP contribution in [0.2, 0.25) is 0 Å².